The lowest BCUT2D eigenvalue weighted by Crippen LogP contribution is -2.36. The molecule has 76 valence electrons. The van der Waals surface area contributed by atoms with Crippen LogP contribution in [-0.2, 0) is 4.79 Å². The summed E-state index contributed by atoms with van der Waals surface area (Å²) in [5, 5.41) is 0. The minimum Gasteiger partial charge on any atom is -0.341 e. The molecule has 3 heteroatoms. The summed E-state index contributed by atoms with van der Waals surface area (Å²) in [6.07, 6.45) is 4.26. The van der Waals surface area contributed by atoms with Gasteiger partial charge >= 0.3 is 0 Å². The number of hydrogen-bond donors (Lipinski definition) is 1. The molecule has 1 rings (SSSR count). The summed E-state index contributed by atoms with van der Waals surface area (Å²) in [6.45, 7) is 4.26. The average Bonchev–Trinajstić information content (AvgIpc) is 2.88. The van der Waals surface area contributed by atoms with Gasteiger partial charge in [0.05, 0.1) is 0 Å². The third kappa shape index (κ3) is 3.77. The van der Waals surface area contributed by atoms with E-state index in [1.165, 1.54) is 12.8 Å². The first-order valence-electron chi connectivity index (χ1n) is 5.25. The standard InChI is InChI=1S/C10H20N2O/c1-2-6-12(7-5-11)10(13)8-9-3-4-9/h9H,2-8,11H2,1H3. The lowest BCUT2D eigenvalue weighted by Gasteiger charge is -2.21. The van der Waals surface area contributed by atoms with Crippen LogP contribution >= 0.6 is 0 Å². The van der Waals surface area contributed by atoms with Crippen molar-refractivity contribution in [3.63, 3.8) is 0 Å². The Kier molecular flexibility index (Phi) is 4.22. The number of carbonyl (C=O) groups is 1. The van der Waals surface area contributed by atoms with Gasteiger partial charge in [-0.1, -0.05) is 6.92 Å². The lowest BCUT2D eigenvalue weighted by molar-refractivity contribution is -0.131. The van der Waals surface area contributed by atoms with Crippen molar-refractivity contribution in [2.75, 3.05) is 19.6 Å². The highest BCUT2D eigenvalue weighted by Gasteiger charge is 2.26. The molecule has 0 aromatic heterocycles. The van der Waals surface area contributed by atoms with Gasteiger partial charge in [0.15, 0.2) is 0 Å². The van der Waals surface area contributed by atoms with Crippen molar-refractivity contribution in [3.05, 3.63) is 0 Å². The molecule has 0 unspecified atom stereocenters. The highest BCUT2D eigenvalue weighted by Crippen LogP contribution is 2.32. The van der Waals surface area contributed by atoms with E-state index in [0.29, 0.717) is 18.4 Å². The molecule has 2 N–H and O–H groups in total. The van der Waals surface area contributed by atoms with Gasteiger partial charge in [0.25, 0.3) is 0 Å². The first-order chi connectivity index (χ1) is 6.27. The van der Waals surface area contributed by atoms with Gasteiger partial charge in [-0.25, -0.2) is 0 Å². The molecule has 0 aromatic carbocycles. The van der Waals surface area contributed by atoms with E-state index in [0.717, 1.165) is 25.9 Å². The minimum atomic E-state index is 0.301. The van der Waals surface area contributed by atoms with Crippen LogP contribution < -0.4 is 5.73 Å². The van der Waals surface area contributed by atoms with Crippen LogP contribution in [0.1, 0.15) is 32.6 Å². The Labute approximate surface area is 80.3 Å². The highest BCUT2D eigenvalue weighted by molar-refractivity contribution is 5.76. The quantitative estimate of drug-likeness (QED) is 0.669. The molecule has 1 fully saturated rings. The molecule has 0 saturated heterocycles. The molecule has 0 heterocycles. The smallest absolute Gasteiger partial charge is 0.222 e. The van der Waals surface area contributed by atoms with Crippen LogP contribution in [0.15, 0.2) is 0 Å². The van der Waals surface area contributed by atoms with Gasteiger partial charge in [-0.15, -0.1) is 0 Å². The van der Waals surface area contributed by atoms with E-state index in [4.69, 9.17) is 5.73 Å². The molecule has 0 radical (unpaired) electrons. The van der Waals surface area contributed by atoms with E-state index in [1.807, 2.05) is 4.90 Å². The van der Waals surface area contributed by atoms with Crippen LogP contribution in [0.4, 0.5) is 0 Å². The van der Waals surface area contributed by atoms with Crippen LogP contribution in [0.25, 0.3) is 0 Å². The number of amides is 1. The van der Waals surface area contributed by atoms with Crippen LogP contribution in [0, 0.1) is 5.92 Å². The van der Waals surface area contributed by atoms with E-state index in [1.54, 1.807) is 0 Å². The van der Waals surface area contributed by atoms with Crippen molar-refractivity contribution in [1.82, 2.24) is 4.90 Å². The molecule has 0 aliphatic heterocycles. The third-order valence-corrected chi connectivity index (χ3v) is 2.41. The zero-order chi connectivity index (χ0) is 9.68. The second kappa shape index (κ2) is 5.22. The fourth-order valence-corrected chi connectivity index (χ4v) is 1.48. The summed E-state index contributed by atoms with van der Waals surface area (Å²) >= 11 is 0. The van der Waals surface area contributed by atoms with E-state index >= 15 is 0 Å². The molecule has 1 saturated carbocycles. The maximum atomic E-state index is 11.6. The number of hydrogen-bond acceptors (Lipinski definition) is 2. The molecule has 3 nitrogen and oxygen atoms in total. The number of rotatable bonds is 6. The normalized spacial score (nSPS) is 15.8. The fourth-order valence-electron chi connectivity index (χ4n) is 1.48. The molecular weight excluding hydrogens is 164 g/mol. The summed E-state index contributed by atoms with van der Waals surface area (Å²) in [5.41, 5.74) is 5.45. The highest BCUT2D eigenvalue weighted by atomic mass is 16.2. The van der Waals surface area contributed by atoms with Crippen LogP contribution in [0.3, 0.4) is 0 Å². The zero-order valence-electron chi connectivity index (χ0n) is 8.46. The molecule has 1 aliphatic carbocycles. The second-order valence-electron chi connectivity index (χ2n) is 3.82. The first kappa shape index (κ1) is 10.5. The number of nitrogens with two attached hydrogens (primary N) is 1. The van der Waals surface area contributed by atoms with E-state index in [9.17, 15) is 4.79 Å². The van der Waals surface area contributed by atoms with Crippen LogP contribution in [0.5, 0.6) is 0 Å². The fraction of sp³-hybridized carbons (Fsp3) is 0.900. The van der Waals surface area contributed by atoms with E-state index < -0.39 is 0 Å². The van der Waals surface area contributed by atoms with Crippen molar-refractivity contribution in [1.29, 1.82) is 0 Å². The Morgan fingerprint density at radius 3 is 2.62 bits per heavy atom. The number of nitrogens with zero attached hydrogens (tertiary/aromatic N) is 1. The summed E-state index contributed by atoms with van der Waals surface area (Å²) in [4.78, 5) is 13.5. The van der Waals surface area contributed by atoms with Gasteiger partial charge in [0.1, 0.15) is 0 Å². The average molecular weight is 184 g/mol. The summed E-state index contributed by atoms with van der Waals surface area (Å²) in [6, 6.07) is 0. The zero-order valence-corrected chi connectivity index (χ0v) is 8.46. The monoisotopic (exact) mass is 184 g/mol. The van der Waals surface area contributed by atoms with Gasteiger partial charge in [-0.2, -0.15) is 0 Å². The Morgan fingerprint density at radius 1 is 1.46 bits per heavy atom. The third-order valence-electron chi connectivity index (χ3n) is 2.41. The Bertz CT molecular complexity index is 160. The Hall–Kier alpha value is -0.570. The van der Waals surface area contributed by atoms with Crippen molar-refractivity contribution in [2.24, 2.45) is 11.7 Å². The molecular formula is C10H20N2O. The lowest BCUT2D eigenvalue weighted by atomic mass is 10.2. The maximum absolute atomic E-state index is 11.6. The van der Waals surface area contributed by atoms with Gasteiger partial charge in [0, 0.05) is 26.1 Å². The first-order valence-corrected chi connectivity index (χ1v) is 5.25. The van der Waals surface area contributed by atoms with E-state index in [-0.39, 0.29) is 0 Å². The van der Waals surface area contributed by atoms with E-state index in [2.05, 4.69) is 6.92 Å². The molecule has 0 bridgehead atoms. The van der Waals surface area contributed by atoms with Crippen LogP contribution in [0.2, 0.25) is 0 Å². The topological polar surface area (TPSA) is 46.3 Å². The Balaban J connectivity index is 2.27. The van der Waals surface area contributed by atoms with Crippen molar-refractivity contribution in [2.45, 2.75) is 32.6 Å². The van der Waals surface area contributed by atoms with Gasteiger partial charge in [-0.3, -0.25) is 4.79 Å². The predicted octanol–water partition coefficient (Wildman–Crippen LogP) is 0.984. The van der Waals surface area contributed by atoms with Crippen molar-refractivity contribution < 1.29 is 4.79 Å². The van der Waals surface area contributed by atoms with Crippen LogP contribution in [-0.4, -0.2) is 30.4 Å². The predicted molar refractivity (Wildman–Crippen MR) is 53.3 cm³/mol. The van der Waals surface area contributed by atoms with Gasteiger partial charge < -0.3 is 10.6 Å². The SMILES string of the molecule is CCCN(CCN)C(=O)CC1CC1. The number of carbonyl (C=O) groups excluding carboxylic acids is 1. The molecule has 0 atom stereocenters. The molecule has 0 spiro atoms. The maximum Gasteiger partial charge on any atom is 0.222 e. The molecule has 1 aliphatic rings. The Morgan fingerprint density at radius 2 is 2.15 bits per heavy atom. The molecule has 13 heavy (non-hydrogen) atoms. The van der Waals surface area contributed by atoms with Crippen molar-refractivity contribution >= 4 is 5.91 Å². The van der Waals surface area contributed by atoms with Gasteiger partial charge in [-0.05, 0) is 25.2 Å². The second-order valence-corrected chi connectivity index (χ2v) is 3.82. The van der Waals surface area contributed by atoms with Gasteiger partial charge in [0.2, 0.25) is 5.91 Å². The van der Waals surface area contributed by atoms with Crippen molar-refractivity contribution in [3.8, 4) is 0 Å². The molecule has 1 amide bonds. The summed E-state index contributed by atoms with van der Waals surface area (Å²) in [5.74, 6) is 0.986. The molecule has 0 aromatic rings. The summed E-state index contributed by atoms with van der Waals surface area (Å²) in [7, 11) is 0. The largest absolute Gasteiger partial charge is 0.341 e. The minimum absolute atomic E-state index is 0.301. The summed E-state index contributed by atoms with van der Waals surface area (Å²) < 4.78 is 0.